The molecule has 1 aromatic heterocycles. The van der Waals surface area contributed by atoms with Gasteiger partial charge >= 0.3 is 0 Å². The average molecular weight is 242 g/mol. The summed E-state index contributed by atoms with van der Waals surface area (Å²) in [6, 6.07) is 4.36. The first-order valence-corrected chi connectivity index (χ1v) is 6.27. The van der Waals surface area contributed by atoms with Crippen LogP contribution in [0.4, 0.5) is 0 Å². The van der Waals surface area contributed by atoms with E-state index in [0.717, 1.165) is 0 Å². The van der Waals surface area contributed by atoms with Crippen LogP contribution in [0.1, 0.15) is 51.0 Å². The fourth-order valence-corrected chi connectivity index (χ4v) is 1.91. The zero-order chi connectivity index (χ0) is 10.9. The van der Waals surface area contributed by atoms with Crippen LogP contribution in [0, 0.1) is 0 Å². The SMILES string of the molecule is CCCCCCCCc1ccc[n+](C)c1.[Cl-]. The van der Waals surface area contributed by atoms with E-state index in [-0.39, 0.29) is 12.4 Å². The van der Waals surface area contributed by atoms with Crippen molar-refractivity contribution in [3.05, 3.63) is 30.1 Å². The van der Waals surface area contributed by atoms with E-state index in [1.54, 1.807) is 0 Å². The predicted molar refractivity (Wildman–Crippen MR) is 64.7 cm³/mol. The molecule has 0 aliphatic carbocycles. The van der Waals surface area contributed by atoms with E-state index >= 15 is 0 Å². The van der Waals surface area contributed by atoms with Gasteiger partial charge in [-0.3, -0.25) is 0 Å². The van der Waals surface area contributed by atoms with Gasteiger partial charge < -0.3 is 12.4 Å². The van der Waals surface area contributed by atoms with Crippen LogP contribution in [0.5, 0.6) is 0 Å². The van der Waals surface area contributed by atoms with E-state index < -0.39 is 0 Å². The molecule has 0 fully saturated rings. The Hall–Kier alpha value is -0.560. The molecule has 1 heterocycles. The van der Waals surface area contributed by atoms with E-state index in [9.17, 15) is 0 Å². The van der Waals surface area contributed by atoms with Gasteiger partial charge in [0.1, 0.15) is 7.05 Å². The molecule has 0 aliphatic rings. The first-order valence-electron chi connectivity index (χ1n) is 6.27. The zero-order valence-electron chi connectivity index (χ0n) is 10.6. The number of hydrogen-bond acceptors (Lipinski definition) is 0. The first-order chi connectivity index (χ1) is 7.33. The van der Waals surface area contributed by atoms with E-state index in [2.05, 4.69) is 43.1 Å². The maximum Gasteiger partial charge on any atom is 0.171 e. The standard InChI is InChI=1S/C14H24N.ClH/c1-3-4-5-6-7-8-10-14-11-9-12-15(2)13-14;/h9,11-13H,3-8,10H2,1-2H3;1H/q+1;/p-1. The van der Waals surface area contributed by atoms with Crippen LogP contribution in [-0.4, -0.2) is 0 Å². The van der Waals surface area contributed by atoms with E-state index in [1.807, 2.05) is 0 Å². The van der Waals surface area contributed by atoms with Crippen molar-refractivity contribution in [3.8, 4) is 0 Å². The highest BCUT2D eigenvalue weighted by atomic mass is 35.5. The van der Waals surface area contributed by atoms with Crippen molar-refractivity contribution in [1.29, 1.82) is 0 Å². The molecule has 0 saturated carbocycles. The molecular formula is C14H24ClN. The Morgan fingerprint density at radius 1 is 1.06 bits per heavy atom. The number of nitrogens with zero attached hydrogens (tertiary/aromatic N) is 1. The minimum atomic E-state index is 0. The highest BCUT2D eigenvalue weighted by Crippen LogP contribution is 2.08. The molecule has 0 radical (unpaired) electrons. The van der Waals surface area contributed by atoms with E-state index in [0.29, 0.717) is 0 Å². The number of hydrogen-bond donors (Lipinski definition) is 0. The van der Waals surface area contributed by atoms with Crippen molar-refractivity contribution >= 4 is 0 Å². The molecule has 0 unspecified atom stereocenters. The molecule has 2 heteroatoms. The van der Waals surface area contributed by atoms with Gasteiger partial charge in [0.25, 0.3) is 0 Å². The molecule has 16 heavy (non-hydrogen) atoms. The summed E-state index contributed by atoms with van der Waals surface area (Å²) in [5, 5.41) is 0. The molecule has 0 N–H and O–H groups in total. The van der Waals surface area contributed by atoms with Crippen LogP contribution >= 0.6 is 0 Å². The van der Waals surface area contributed by atoms with E-state index in [4.69, 9.17) is 0 Å². The monoisotopic (exact) mass is 241 g/mol. The summed E-state index contributed by atoms with van der Waals surface area (Å²) in [6.07, 6.45) is 13.9. The minimum absolute atomic E-state index is 0. The van der Waals surface area contributed by atoms with Crippen LogP contribution in [0.3, 0.4) is 0 Å². The number of halogens is 1. The molecule has 0 spiro atoms. The van der Waals surface area contributed by atoms with Crippen molar-refractivity contribution in [2.75, 3.05) is 0 Å². The number of unbranched alkanes of at least 4 members (excludes halogenated alkanes) is 5. The van der Waals surface area contributed by atoms with E-state index in [1.165, 1.54) is 50.5 Å². The fraction of sp³-hybridized carbons (Fsp3) is 0.643. The van der Waals surface area contributed by atoms with Gasteiger partial charge in [-0.2, -0.15) is 0 Å². The lowest BCUT2D eigenvalue weighted by atomic mass is 10.1. The molecule has 0 bridgehead atoms. The Labute approximate surface area is 106 Å². The Morgan fingerprint density at radius 3 is 2.44 bits per heavy atom. The summed E-state index contributed by atoms with van der Waals surface area (Å²) < 4.78 is 2.13. The summed E-state index contributed by atoms with van der Waals surface area (Å²) in [5.41, 5.74) is 1.47. The van der Waals surface area contributed by atoms with Crippen LogP contribution in [0.2, 0.25) is 0 Å². The van der Waals surface area contributed by atoms with Gasteiger partial charge in [-0.15, -0.1) is 0 Å². The Bertz CT molecular complexity index is 273. The van der Waals surface area contributed by atoms with Crippen molar-refractivity contribution < 1.29 is 17.0 Å². The number of rotatable bonds is 7. The summed E-state index contributed by atoms with van der Waals surface area (Å²) in [6.45, 7) is 2.27. The smallest absolute Gasteiger partial charge is 0.171 e. The zero-order valence-corrected chi connectivity index (χ0v) is 11.3. The lowest BCUT2D eigenvalue weighted by molar-refractivity contribution is -0.671. The van der Waals surface area contributed by atoms with Gasteiger partial charge in [0.15, 0.2) is 12.4 Å². The number of pyridine rings is 1. The molecule has 92 valence electrons. The first kappa shape index (κ1) is 15.4. The normalized spacial score (nSPS) is 9.88. The lowest BCUT2D eigenvalue weighted by Crippen LogP contribution is -3.00. The number of aromatic nitrogens is 1. The third-order valence-electron chi connectivity index (χ3n) is 2.82. The maximum absolute atomic E-state index is 2.27. The van der Waals surface area contributed by atoms with Crippen molar-refractivity contribution in [3.63, 3.8) is 0 Å². The second-order valence-corrected chi connectivity index (χ2v) is 4.40. The van der Waals surface area contributed by atoms with Crippen molar-refractivity contribution in [2.45, 2.75) is 51.9 Å². The molecule has 0 aromatic carbocycles. The topological polar surface area (TPSA) is 3.88 Å². The Kier molecular flexibility index (Phi) is 9.31. The van der Waals surface area contributed by atoms with Gasteiger partial charge in [-0.25, -0.2) is 4.57 Å². The predicted octanol–water partition coefficient (Wildman–Crippen LogP) is 0.418. The van der Waals surface area contributed by atoms with Gasteiger partial charge in [-0.05, 0) is 18.9 Å². The second kappa shape index (κ2) is 9.65. The van der Waals surface area contributed by atoms with Crippen LogP contribution in [0.15, 0.2) is 24.5 Å². The summed E-state index contributed by atoms with van der Waals surface area (Å²) in [5.74, 6) is 0. The summed E-state index contributed by atoms with van der Waals surface area (Å²) in [7, 11) is 2.09. The third-order valence-corrected chi connectivity index (χ3v) is 2.82. The second-order valence-electron chi connectivity index (χ2n) is 4.40. The summed E-state index contributed by atoms with van der Waals surface area (Å²) >= 11 is 0. The molecule has 0 atom stereocenters. The Balaban J connectivity index is 0.00000225. The van der Waals surface area contributed by atoms with Gasteiger partial charge in [0, 0.05) is 11.6 Å². The quantitative estimate of drug-likeness (QED) is 0.481. The molecule has 0 amide bonds. The van der Waals surface area contributed by atoms with Crippen LogP contribution in [-0.2, 0) is 13.5 Å². The largest absolute Gasteiger partial charge is 1.00 e. The highest BCUT2D eigenvalue weighted by molar-refractivity contribution is 5.05. The van der Waals surface area contributed by atoms with Gasteiger partial charge in [-0.1, -0.05) is 39.0 Å². The number of aryl methyl sites for hydroxylation is 2. The van der Waals surface area contributed by atoms with Crippen LogP contribution in [0.25, 0.3) is 0 Å². The lowest BCUT2D eigenvalue weighted by Gasteiger charge is -2.00. The van der Waals surface area contributed by atoms with Crippen molar-refractivity contribution in [2.24, 2.45) is 7.05 Å². The maximum atomic E-state index is 2.27. The fourth-order valence-electron chi connectivity index (χ4n) is 1.91. The molecule has 0 saturated heterocycles. The molecule has 1 aromatic rings. The third kappa shape index (κ3) is 6.84. The average Bonchev–Trinajstić information content (AvgIpc) is 2.23. The highest BCUT2D eigenvalue weighted by Gasteiger charge is 1.97. The molecular weight excluding hydrogens is 218 g/mol. The van der Waals surface area contributed by atoms with Crippen molar-refractivity contribution in [1.82, 2.24) is 0 Å². The molecule has 0 aliphatic heterocycles. The molecule has 1 rings (SSSR count). The minimum Gasteiger partial charge on any atom is -1.00 e. The van der Waals surface area contributed by atoms with Gasteiger partial charge in [0.2, 0.25) is 0 Å². The van der Waals surface area contributed by atoms with Crippen LogP contribution < -0.4 is 17.0 Å². The Morgan fingerprint density at radius 2 is 1.75 bits per heavy atom. The summed E-state index contributed by atoms with van der Waals surface area (Å²) in [4.78, 5) is 0. The van der Waals surface area contributed by atoms with Gasteiger partial charge in [0.05, 0.1) is 0 Å². The molecule has 1 nitrogen and oxygen atoms in total.